The van der Waals surface area contributed by atoms with Crippen molar-refractivity contribution in [1.82, 2.24) is 15.6 Å². The average molecular weight is 347 g/mol. The van der Waals surface area contributed by atoms with Gasteiger partial charge in [0.25, 0.3) is 0 Å². The standard InChI is InChI=1S/C18H25N3O2S/c1-12-15(24-11-20-12)13-6-8-14(9-7-13)18(10-19-5,17(2,3)4)21-16(22)23/h6-9,11,19,21H,10H2,1-5H3,(H,22,23)/t18-/m0/s1. The van der Waals surface area contributed by atoms with E-state index in [9.17, 15) is 9.90 Å². The number of amides is 1. The molecular weight excluding hydrogens is 322 g/mol. The van der Waals surface area contributed by atoms with Crippen LogP contribution in [0.5, 0.6) is 0 Å². The highest BCUT2D eigenvalue weighted by Gasteiger charge is 2.44. The van der Waals surface area contributed by atoms with Gasteiger partial charge in [-0.15, -0.1) is 11.3 Å². The van der Waals surface area contributed by atoms with E-state index in [0.29, 0.717) is 6.54 Å². The van der Waals surface area contributed by atoms with Crippen molar-refractivity contribution in [3.63, 3.8) is 0 Å². The van der Waals surface area contributed by atoms with Gasteiger partial charge in [-0.3, -0.25) is 0 Å². The average Bonchev–Trinajstić information content (AvgIpc) is 2.91. The van der Waals surface area contributed by atoms with Crippen molar-refractivity contribution < 1.29 is 9.90 Å². The van der Waals surface area contributed by atoms with E-state index in [2.05, 4.69) is 15.6 Å². The molecular formula is C18H25N3O2S. The fourth-order valence-corrected chi connectivity index (χ4v) is 3.85. The van der Waals surface area contributed by atoms with Gasteiger partial charge >= 0.3 is 6.09 Å². The highest BCUT2D eigenvalue weighted by atomic mass is 32.1. The molecule has 0 radical (unpaired) electrons. The van der Waals surface area contributed by atoms with E-state index in [-0.39, 0.29) is 5.41 Å². The molecule has 6 heteroatoms. The Balaban J connectivity index is 2.50. The SMILES string of the molecule is CNC[C@](NC(=O)O)(c1ccc(-c2scnc2C)cc1)C(C)(C)C. The summed E-state index contributed by atoms with van der Waals surface area (Å²) in [6, 6.07) is 8.09. The molecule has 24 heavy (non-hydrogen) atoms. The van der Waals surface area contributed by atoms with Crippen LogP contribution in [0.25, 0.3) is 10.4 Å². The first-order chi connectivity index (χ1) is 11.2. The van der Waals surface area contributed by atoms with Gasteiger partial charge in [-0.05, 0) is 30.5 Å². The lowest BCUT2D eigenvalue weighted by molar-refractivity contribution is 0.117. The fraction of sp³-hybridized carbons (Fsp3) is 0.444. The Hall–Kier alpha value is -1.92. The Morgan fingerprint density at radius 3 is 2.29 bits per heavy atom. The maximum absolute atomic E-state index is 11.5. The van der Waals surface area contributed by atoms with E-state index in [1.54, 1.807) is 11.3 Å². The molecule has 0 aliphatic heterocycles. The van der Waals surface area contributed by atoms with Gasteiger partial charge in [0, 0.05) is 6.54 Å². The normalized spacial score (nSPS) is 14.2. The number of carbonyl (C=O) groups is 1. The summed E-state index contributed by atoms with van der Waals surface area (Å²) >= 11 is 1.61. The molecule has 5 nitrogen and oxygen atoms in total. The molecule has 0 fully saturated rings. The minimum Gasteiger partial charge on any atom is -0.465 e. The maximum atomic E-state index is 11.5. The van der Waals surface area contributed by atoms with Crippen LogP contribution in [0.15, 0.2) is 29.8 Å². The second kappa shape index (κ2) is 6.91. The molecule has 1 aromatic carbocycles. The van der Waals surface area contributed by atoms with Crippen LogP contribution in [-0.2, 0) is 5.54 Å². The molecule has 0 saturated carbocycles. The van der Waals surface area contributed by atoms with Crippen molar-refractivity contribution in [3.05, 3.63) is 41.0 Å². The molecule has 3 N–H and O–H groups in total. The number of benzene rings is 1. The molecule has 0 saturated heterocycles. The van der Waals surface area contributed by atoms with Crippen LogP contribution in [0.4, 0.5) is 4.79 Å². The molecule has 130 valence electrons. The van der Waals surface area contributed by atoms with Crippen molar-refractivity contribution in [1.29, 1.82) is 0 Å². The number of hydrogen-bond donors (Lipinski definition) is 3. The third-order valence-electron chi connectivity index (χ3n) is 4.43. The summed E-state index contributed by atoms with van der Waals surface area (Å²) in [7, 11) is 1.83. The molecule has 0 unspecified atom stereocenters. The summed E-state index contributed by atoms with van der Waals surface area (Å²) in [6.45, 7) is 8.62. The first-order valence-corrected chi connectivity index (χ1v) is 8.76. The molecule has 1 heterocycles. The molecule has 1 atom stereocenters. The number of rotatable bonds is 5. The Bertz CT molecular complexity index is 704. The second-order valence-corrected chi connectivity index (χ2v) is 7.81. The largest absolute Gasteiger partial charge is 0.465 e. The monoisotopic (exact) mass is 347 g/mol. The number of aryl methyl sites for hydroxylation is 1. The van der Waals surface area contributed by atoms with E-state index in [0.717, 1.165) is 21.7 Å². The molecule has 1 amide bonds. The zero-order valence-electron chi connectivity index (χ0n) is 14.8. The third kappa shape index (κ3) is 3.44. The van der Waals surface area contributed by atoms with E-state index < -0.39 is 11.6 Å². The molecule has 2 aromatic rings. The first kappa shape index (κ1) is 18.4. The molecule has 0 spiro atoms. The summed E-state index contributed by atoms with van der Waals surface area (Å²) < 4.78 is 0. The topological polar surface area (TPSA) is 74.2 Å². The predicted molar refractivity (Wildman–Crippen MR) is 98.5 cm³/mol. The second-order valence-electron chi connectivity index (χ2n) is 6.96. The minimum atomic E-state index is -1.03. The summed E-state index contributed by atoms with van der Waals surface area (Å²) in [5, 5.41) is 15.3. The highest BCUT2D eigenvalue weighted by molar-refractivity contribution is 7.13. The predicted octanol–water partition coefficient (Wildman–Crippen LogP) is 3.85. The lowest BCUT2D eigenvalue weighted by Crippen LogP contribution is -2.59. The van der Waals surface area contributed by atoms with Crippen molar-refractivity contribution in [2.24, 2.45) is 5.41 Å². The van der Waals surface area contributed by atoms with Crippen molar-refractivity contribution >= 4 is 17.4 Å². The number of carboxylic acid groups (broad SMARTS) is 1. The number of thiazole rings is 1. The van der Waals surface area contributed by atoms with Crippen LogP contribution in [0.1, 0.15) is 32.0 Å². The molecule has 0 aliphatic rings. The number of hydrogen-bond acceptors (Lipinski definition) is 4. The van der Waals surface area contributed by atoms with Gasteiger partial charge in [0.15, 0.2) is 0 Å². The van der Waals surface area contributed by atoms with Crippen LogP contribution in [0, 0.1) is 12.3 Å². The first-order valence-electron chi connectivity index (χ1n) is 7.88. The smallest absolute Gasteiger partial charge is 0.405 e. The van der Waals surface area contributed by atoms with Crippen molar-refractivity contribution in [3.8, 4) is 10.4 Å². The van der Waals surface area contributed by atoms with Crippen LogP contribution in [0.3, 0.4) is 0 Å². The molecule has 0 bridgehead atoms. The lowest BCUT2D eigenvalue weighted by atomic mass is 9.69. The van der Waals surface area contributed by atoms with Gasteiger partial charge in [-0.25, -0.2) is 9.78 Å². The minimum absolute atomic E-state index is 0.309. The summed E-state index contributed by atoms with van der Waals surface area (Å²) in [4.78, 5) is 16.9. The lowest BCUT2D eigenvalue weighted by Gasteiger charge is -2.45. The number of nitrogens with one attached hydrogen (secondary N) is 2. The number of likely N-dealkylation sites (N-methyl/N-ethyl adjacent to an activating group) is 1. The fourth-order valence-electron chi connectivity index (χ4n) is 3.04. The van der Waals surface area contributed by atoms with Gasteiger partial charge in [0.05, 0.1) is 21.6 Å². The van der Waals surface area contributed by atoms with Crippen LogP contribution < -0.4 is 10.6 Å². The van der Waals surface area contributed by atoms with Crippen LogP contribution >= 0.6 is 11.3 Å². The van der Waals surface area contributed by atoms with Gasteiger partial charge in [0.1, 0.15) is 0 Å². The van der Waals surface area contributed by atoms with Crippen molar-refractivity contribution in [2.45, 2.75) is 33.2 Å². The summed E-state index contributed by atoms with van der Waals surface area (Å²) in [5.41, 5.74) is 3.85. The van der Waals surface area contributed by atoms with Gasteiger partial charge in [0.2, 0.25) is 0 Å². The Morgan fingerprint density at radius 2 is 1.88 bits per heavy atom. The van der Waals surface area contributed by atoms with E-state index in [1.807, 2.05) is 64.5 Å². The molecule has 0 aliphatic carbocycles. The van der Waals surface area contributed by atoms with Crippen molar-refractivity contribution in [2.75, 3.05) is 13.6 Å². The maximum Gasteiger partial charge on any atom is 0.405 e. The van der Waals surface area contributed by atoms with Gasteiger partial charge in [-0.2, -0.15) is 0 Å². The van der Waals surface area contributed by atoms with Crippen LogP contribution in [0.2, 0.25) is 0 Å². The Kier molecular flexibility index (Phi) is 5.30. The van der Waals surface area contributed by atoms with Gasteiger partial charge < -0.3 is 15.7 Å². The number of nitrogens with zero attached hydrogens (tertiary/aromatic N) is 1. The third-order valence-corrected chi connectivity index (χ3v) is 5.41. The zero-order valence-corrected chi connectivity index (χ0v) is 15.6. The Morgan fingerprint density at radius 1 is 1.25 bits per heavy atom. The van der Waals surface area contributed by atoms with Crippen LogP contribution in [-0.4, -0.2) is 29.8 Å². The highest BCUT2D eigenvalue weighted by Crippen LogP contribution is 2.40. The van der Waals surface area contributed by atoms with E-state index in [1.165, 1.54) is 0 Å². The number of aromatic nitrogens is 1. The van der Waals surface area contributed by atoms with E-state index >= 15 is 0 Å². The summed E-state index contributed by atoms with van der Waals surface area (Å²) in [6.07, 6.45) is -1.03. The zero-order chi connectivity index (χ0) is 18.0. The molecule has 1 aromatic heterocycles. The molecule has 2 rings (SSSR count). The van der Waals surface area contributed by atoms with Gasteiger partial charge in [-0.1, -0.05) is 45.0 Å². The quantitative estimate of drug-likeness (QED) is 0.768. The Labute approximate surface area is 147 Å². The summed E-state index contributed by atoms with van der Waals surface area (Å²) in [5.74, 6) is 0. The van der Waals surface area contributed by atoms with E-state index in [4.69, 9.17) is 0 Å².